The Bertz CT molecular complexity index is 952. The molecule has 0 aliphatic carbocycles. The molecule has 3 aromatic rings. The molecule has 0 saturated carbocycles. The van der Waals surface area contributed by atoms with E-state index in [1.54, 1.807) is 23.4 Å². The average Bonchev–Trinajstić information content (AvgIpc) is 2.64. The largest absolute Gasteiger partial charge is 0.304 e. The minimum atomic E-state index is -0.0569. The van der Waals surface area contributed by atoms with E-state index in [0.29, 0.717) is 17.1 Å². The van der Waals surface area contributed by atoms with Gasteiger partial charge in [-0.15, -0.1) is 0 Å². The number of hydrogen-bond donors (Lipinski definition) is 0. The molecule has 0 atom stereocenters. The number of nitrogens with zero attached hydrogens (tertiary/aromatic N) is 2. The Morgan fingerprint density at radius 1 is 1.00 bits per heavy atom. The number of rotatable bonds is 4. The number of amides is 1. The summed E-state index contributed by atoms with van der Waals surface area (Å²) < 4.78 is 0. The van der Waals surface area contributed by atoms with Crippen LogP contribution in [0.3, 0.4) is 0 Å². The summed E-state index contributed by atoms with van der Waals surface area (Å²) in [5, 5.41) is 0.655. The number of anilines is 1. The van der Waals surface area contributed by atoms with Crippen LogP contribution < -0.4 is 4.90 Å². The smallest absolute Gasteiger partial charge is 0.258 e. The minimum Gasteiger partial charge on any atom is -0.304 e. The van der Waals surface area contributed by atoms with E-state index in [1.165, 1.54) is 0 Å². The molecule has 0 aliphatic rings. The lowest BCUT2D eigenvalue weighted by Gasteiger charge is -2.26. The van der Waals surface area contributed by atoms with Gasteiger partial charge in [0.25, 0.3) is 5.91 Å². The predicted molar refractivity (Wildman–Crippen MR) is 107 cm³/mol. The third-order valence-corrected chi connectivity index (χ3v) is 5.02. The fourth-order valence-corrected chi connectivity index (χ4v) is 3.15. The van der Waals surface area contributed by atoms with Gasteiger partial charge in [-0.3, -0.25) is 9.78 Å². The Kier molecular flexibility index (Phi) is 5.38. The molecule has 1 aromatic heterocycles. The first kappa shape index (κ1) is 18.2. The average molecular weight is 365 g/mol. The molecule has 0 radical (unpaired) electrons. The summed E-state index contributed by atoms with van der Waals surface area (Å²) in [6, 6.07) is 15.4. The Morgan fingerprint density at radius 2 is 1.77 bits per heavy atom. The molecule has 0 N–H and O–H groups in total. The summed E-state index contributed by atoms with van der Waals surface area (Å²) in [7, 11) is 0. The van der Waals surface area contributed by atoms with E-state index in [-0.39, 0.29) is 5.91 Å². The first-order chi connectivity index (χ1) is 12.5. The monoisotopic (exact) mass is 364 g/mol. The molecule has 3 rings (SSSR count). The van der Waals surface area contributed by atoms with Gasteiger partial charge in [0, 0.05) is 28.7 Å². The lowest BCUT2D eigenvalue weighted by molar-refractivity contribution is 0.0984. The van der Waals surface area contributed by atoms with Gasteiger partial charge >= 0.3 is 0 Å². The van der Waals surface area contributed by atoms with E-state index >= 15 is 0 Å². The van der Waals surface area contributed by atoms with E-state index in [0.717, 1.165) is 27.9 Å². The number of carbonyl (C=O) groups is 1. The molecular formula is C22H21ClN2O. The van der Waals surface area contributed by atoms with E-state index in [2.05, 4.69) is 18.0 Å². The zero-order chi connectivity index (χ0) is 18.7. The maximum atomic E-state index is 13.4. The van der Waals surface area contributed by atoms with Gasteiger partial charge in [-0.25, -0.2) is 0 Å². The number of aromatic nitrogens is 1. The van der Waals surface area contributed by atoms with Crippen LogP contribution in [-0.2, 0) is 6.54 Å². The first-order valence-electron chi connectivity index (χ1n) is 8.51. The summed E-state index contributed by atoms with van der Waals surface area (Å²) in [5.74, 6) is -0.0569. The molecule has 0 bridgehead atoms. The van der Waals surface area contributed by atoms with Crippen LogP contribution >= 0.6 is 11.6 Å². The van der Waals surface area contributed by atoms with Gasteiger partial charge in [-0.1, -0.05) is 41.9 Å². The molecule has 0 unspecified atom stereocenters. The van der Waals surface area contributed by atoms with Crippen molar-refractivity contribution in [1.82, 2.24) is 4.98 Å². The molecule has 0 spiro atoms. The Hall–Kier alpha value is -2.65. The summed E-state index contributed by atoms with van der Waals surface area (Å²) in [6.07, 6.45) is 3.36. The van der Waals surface area contributed by atoms with E-state index in [1.807, 2.05) is 50.2 Å². The molecule has 0 saturated heterocycles. The molecule has 26 heavy (non-hydrogen) atoms. The summed E-state index contributed by atoms with van der Waals surface area (Å²) in [4.78, 5) is 19.3. The van der Waals surface area contributed by atoms with Crippen molar-refractivity contribution < 1.29 is 4.79 Å². The first-order valence-corrected chi connectivity index (χ1v) is 8.89. The van der Waals surface area contributed by atoms with Crippen LogP contribution in [0.25, 0.3) is 0 Å². The summed E-state index contributed by atoms with van der Waals surface area (Å²) in [6.45, 7) is 6.40. The molecule has 3 nitrogen and oxygen atoms in total. The van der Waals surface area contributed by atoms with Crippen LogP contribution in [0.2, 0.25) is 5.02 Å². The zero-order valence-corrected chi connectivity index (χ0v) is 15.9. The van der Waals surface area contributed by atoms with Gasteiger partial charge in [0.1, 0.15) is 0 Å². The van der Waals surface area contributed by atoms with Crippen LogP contribution in [-0.4, -0.2) is 10.9 Å². The van der Waals surface area contributed by atoms with E-state index in [4.69, 9.17) is 11.6 Å². The molecule has 0 fully saturated rings. The Labute approximate surface area is 159 Å². The maximum Gasteiger partial charge on any atom is 0.258 e. The SMILES string of the molecule is Cc1cnccc1C(=O)N(Cc1ccccc1Cl)c1cccc(C)c1C. The lowest BCUT2D eigenvalue weighted by Crippen LogP contribution is -2.32. The summed E-state index contributed by atoms with van der Waals surface area (Å²) in [5.41, 5.74) is 5.53. The molecule has 0 aliphatic heterocycles. The standard InChI is InChI=1S/C22H21ClN2O/c1-15-7-6-10-21(17(15)3)25(14-18-8-4-5-9-20(18)23)22(26)19-11-12-24-13-16(19)2/h4-13H,14H2,1-3H3. The van der Waals surface area contributed by atoms with Crippen LogP contribution in [0.1, 0.15) is 32.6 Å². The number of aryl methyl sites for hydroxylation is 2. The van der Waals surface area contributed by atoms with Crippen molar-refractivity contribution in [3.05, 3.63) is 93.8 Å². The topological polar surface area (TPSA) is 33.2 Å². The third-order valence-electron chi connectivity index (χ3n) is 4.65. The molecular weight excluding hydrogens is 344 g/mol. The molecule has 1 amide bonds. The number of pyridine rings is 1. The minimum absolute atomic E-state index is 0.0569. The van der Waals surface area contributed by atoms with Crippen molar-refractivity contribution in [2.24, 2.45) is 0 Å². The van der Waals surface area contributed by atoms with Crippen LogP contribution in [0.15, 0.2) is 60.9 Å². The van der Waals surface area contributed by atoms with Gasteiger partial charge in [-0.05, 0) is 61.2 Å². The highest BCUT2D eigenvalue weighted by molar-refractivity contribution is 6.31. The second-order valence-electron chi connectivity index (χ2n) is 6.39. The Balaban J connectivity index is 2.10. The predicted octanol–water partition coefficient (Wildman–Crippen LogP) is 5.51. The van der Waals surface area contributed by atoms with Crippen molar-refractivity contribution in [3.8, 4) is 0 Å². The van der Waals surface area contributed by atoms with Crippen molar-refractivity contribution in [3.63, 3.8) is 0 Å². The van der Waals surface area contributed by atoms with Crippen molar-refractivity contribution in [2.75, 3.05) is 4.90 Å². The molecule has 132 valence electrons. The third kappa shape index (κ3) is 3.63. The van der Waals surface area contributed by atoms with Gasteiger partial charge in [0.2, 0.25) is 0 Å². The molecule has 2 aromatic carbocycles. The quantitative estimate of drug-likeness (QED) is 0.611. The number of carbonyl (C=O) groups excluding carboxylic acids is 1. The lowest BCUT2D eigenvalue weighted by atomic mass is 10.0. The fraction of sp³-hybridized carbons (Fsp3) is 0.182. The van der Waals surface area contributed by atoms with Crippen LogP contribution in [0, 0.1) is 20.8 Å². The van der Waals surface area contributed by atoms with Gasteiger partial charge < -0.3 is 4.90 Å². The van der Waals surface area contributed by atoms with Gasteiger partial charge in [0.05, 0.1) is 6.54 Å². The molecule has 1 heterocycles. The number of benzene rings is 2. The molecule has 4 heteroatoms. The Morgan fingerprint density at radius 3 is 2.50 bits per heavy atom. The maximum absolute atomic E-state index is 13.4. The number of halogens is 1. The highest BCUT2D eigenvalue weighted by atomic mass is 35.5. The highest BCUT2D eigenvalue weighted by Crippen LogP contribution is 2.28. The van der Waals surface area contributed by atoms with Crippen molar-refractivity contribution >= 4 is 23.2 Å². The van der Waals surface area contributed by atoms with Crippen molar-refractivity contribution in [2.45, 2.75) is 27.3 Å². The highest BCUT2D eigenvalue weighted by Gasteiger charge is 2.22. The van der Waals surface area contributed by atoms with Gasteiger partial charge in [0.15, 0.2) is 0 Å². The zero-order valence-electron chi connectivity index (χ0n) is 15.2. The second-order valence-corrected chi connectivity index (χ2v) is 6.80. The fourth-order valence-electron chi connectivity index (χ4n) is 2.95. The second kappa shape index (κ2) is 7.71. The van der Waals surface area contributed by atoms with Gasteiger partial charge in [-0.2, -0.15) is 0 Å². The summed E-state index contributed by atoms with van der Waals surface area (Å²) >= 11 is 6.36. The normalized spacial score (nSPS) is 10.6. The van der Waals surface area contributed by atoms with Crippen LogP contribution in [0.4, 0.5) is 5.69 Å². The number of hydrogen-bond acceptors (Lipinski definition) is 2. The van der Waals surface area contributed by atoms with Crippen molar-refractivity contribution in [1.29, 1.82) is 0 Å². The van der Waals surface area contributed by atoms with E-state index < -0.39 is 0 Å². The van der Waals surface area contributed by atoms with E-state index in [9.17, 15) is 4.79 Å². The van der Waals surface area contributed by atoms with Crippen LogP contribution in [0.5, 0.6) is 0 Å².